The average molecular weight is 383 g/mol. The molecule has 0 spiro atoms. The molecule has 0 aromatic rings. The van der Waals surface area contributed by atoms with Crippen LogP contribution in [-0.2, 0) is 9.53 Å². The number of carbonyl (C=O) groups is 1. The van der Waals surface area contributed by atoms with Crippen molar-refractivity contribution < 1.29 is 57.8 Å². The van der Waals surface area contributed by atoms with Gasteiger partial charge in [-0.25, -0.2) is 0 Å². The van der Waals surface area contributed by atoms with Gasteiger partial charge in [-0.3, -0.25) is 9.53 Å². The van der Waals surface area contributed by atoms with Gasteiger partial charge in [-0.1, -0.05) is 6.08 Å². The highest BCUT2D eigenvalue weighted by molar-refractivity contribution is 5.84. The van der Waals surface area contributed by atoms with Crippen LogP contribution in [-0.4, -0.2) is 54.6 Å². The Morgan fingerprint density at radius 3 is 1.67 bits per heavy atom. The third-order valence-electron chi connectivity index (χ3n) is 2.38. The molecule has 0 aromatic heterocycles. The highest BCUT2D eigenvalue weighted by atomic mass is 19.4. The van der Waals surface area contributed by atoms with E-state index < -0.39 is 42.7 Å². The first kappa shape index (κ1) is 22.4. The largest absolute Gasteiger partial charge is 0.462 e. The monoisotopic (exact) mass is 383 g/mol. The summed E-state index contributed by atoms with van der Waals surface area (Å²) >= 11 is 0. The van der Waals surface area contributed by atoms with Crippen molar-refractivity contribution in [3.8, 4) is 0 Å². The molecule has 0 saturated carbocycles. The number of alkyl halides is 11. The summed E-state index contributed by atoms with van der Waals surface area (Å²) in [7, 11) is 0.410. The van der Waals surface area contributed by atoms with Gasteiger partial charge in [-0.05, 0) is 0 Å². The molecule has 0 aliphatic carbocycles. The first-order valence-corrected chi connectivity index (χ1v) is 5.49. The smallest absolute Gasteiger partial charge is 0.337 e. The molecule has 0 aliphatic heterocycles. The molecule has 0 heterocycles. The number of hydrogen-bond donors (Lipinski definition) is 0. The number of carbonyl (C=O) groups excluding carboxylic acids is 1. The summed E-state index contributed by atoms with van der Waals surface area (Å²) in [4.78, 5) is 11.0. The second kappa shape index (κ2) is 6.37. The van der Waals surface area contributed by atoms with E-state index in [0.717, 1.165) is 0 Å². The van der Waals surface area contributed by atoms with Crippen LogP contribution in [0.4, 0.5) is 48.3 Å². The van der Waals surface area contributed by atoms with Crippen molar-refractivity contribution in [3.63, 3.8) is 0 Å². The molecule has 3 nitrogen and oxygen atoms in total. The number of ether oxygens (including phenoxy) is 1. The van der Waals surface area contributed by atoms with Gasteiger partial charge in [0.25, 0.3) is 5.91 Å². The molecule has 0 rings (SSSR count). The highest BCUT2D eigenvalue weighted by Crippen LogP contribution is 2.51. The Balaban J connectivity index is 6.00. The number of halogens is 11. The molecule has 0 N–H and O–H groups in total. The lowest BCUT2D eigenvalue weighted by molar-refractivity contribution is -0.473. The third kappa shape index (κ3) is 3.89. The zero-order chi connectivity index (χ0) is 19.8. The van der Waals surface area contributed by atoms with Crippen molar-refractivity contribution >= 4 is 5.91 Å². The SMILES string of the molecule is C=CCN(C)C(=O)C(F)(OC(F)(F)C(F)(F)C(F)(F)F)C(F)(F)F. The predicted octanol–water partition coefficient (Wildman–Crippen LogP) is 3.67. The van der Waals surface area contributed by atoms with E-state index in [9.17, 15) is 53.1 Å². The molecular formula is C10H8F11NO2. The van der Waals surface area contributed by atoms with Crippen LogP contribution in [0.25, 0.3) is 0 Å². The minimum Gasteiger partial charge on any atom is -0.337 e. The predicted molar refractivity (Wildman–Crippen MR) is 54.8 cm³/mol. The molecule has 0 aromatic carbocycles. The van der Waals surface area contributed by atoms with E-state index in [1.54, 1.807) is 0 Å². The number of amides is 1. The van der Waals surface area contributed by atoms with Crippen molar-refractivity contribution in [2.75, 3.05) is 13.6 Å². The van der Waals surface area contributed by atoms with Gasteiger partial charge < -0.3 is 4.90 Å². The van der Waals surface area contributed by atoms with Crippen molar-refractivity contribution in [1.29, 1.82) is 0 Å². The van der Waals surface area contributed by atoms with Gasteiger partial charge in [0, 0.05) is 13.6 Å². The molecule has 0 aliphatic rings. The van der Waals surface area contributed by atoms with E-state index in [1.165, 1.54) is 0 Å². The lowest BCUT2D eigenvalue weighted by Gasteiger charge is -2.35. The molecule has 0 bridgehead atoms. The molecule has 142 valence electrons. The minimum absolute atomic E-state index is 0.262. The molecule has 0 radical (unpaired) electrons. The first-order chi connectivity index (χ1) is 10.3. The lowest BCUT2D eigenvalue weighted by Crippen LogP contribution is -2.63. The number of nitrogens with zero attached hydrogens (tertiary/aromatic N) is 1. The summed E-state index contributed by atoms with van der Waals surface area (Å²) in [6, 6.07) is 0. The number of hydrogen-bond acceptors (Lipinski definition) is 2. The quantitative estimate of drug-likeness (QED) is 0.518. The fourth-order valence-electron chi connectivity index (χ4n) is 1.15. The normalized spacial score (nSPS) is 16.5. The van der Waals surface area contributed by atoms with Crippen LogP contribution in [0.2, 0.25) is 0 Å². The van der Waals surface area contributed by atoms with E-state index in [4.69, 9.17) is 0 Å². The molecule has 1 unspecified atom stereocenters. The van der Waals surface area contributed by atoms with Gasteiger partial charge in [0.15, 0.2) is 0 Å². The molecule has 0 saturated heterocycles. The summed E-state index contributed by atoms with van der Waals surface area (Å²) in [6.45, 7) is 2.03. The lowest BCUT2D eigenvalue weighted by atomic mass is 10.2. The Morgan fingerprint density at radius 1 is 0.958 bits per heavy atom. The third-order valence-corrected chi connectivity index (χ3v) is 2.38. The van der Waals surface area contributed by atoms with Crippen molar-refractivity contribution in [2.45, 2.75) is 30.2 Å². The summed E-state index contributed by atoms with van der Waals surface area (Å²) in [5, 5.41) is 0. The van der Waals surface area contributed by atoms with Gasteiger partial charge in [0.05, 0.1) is 0 Å². The Labute approximate surface area is 126 Å². The van der Waals surface area contributed by atoms with Gasteiger partial charge in [-0.2, -0.15) is 48.3 Å². The second-order valence-corrected chi connectivity index (χ2v) is 4.26. The molecule has 1 amide bonds. The summed E-state index contributed by atoms with van der Waals surface area (Å²) in [5.74, 6) is -16.4. The second-order valence-electron chi connectivity index (χ2n) is 4.26. The summed E-state index contributed by atoms with van der Waals surface area (Å²) in [6.07, 6.45) is -20.1. The highest BCUT2D eigenvalue weighted by Gasteiger charge is 2.79. The minimum atomic E-state index is -7.21. The summed E-state index contributed by atoms with van der Waals surface area (Å²) in [5.41, 5.74) is 0. The molecule has 1 atom stereocenters. The van der Waals surface area contributed by atoms with Gasteiger partial charge in [0.2, 0.25) is 0 Å². The zero-order valence-electron chi connectivity index (χ0n) is 11.4. The van der Waals surface area contributed by atoms with Crippen LogP contribution < -0.4 is 0 Å². The van der Waals surface area contributed by atoms with Gasteiger partial charge in [0.1, 0.15) is 0 Å². The Morgan fingerprint density at radius 2 is 1.38 bits per heavy atom. The topological polar surface area (TPSA) is 29.5 Å². The zero-order valence-corrected chi connectivity index (χ0v) is 11.4. The van der Waals surface area contributed by atoms with Crippen LogP contribution in [0.15, 0.2) is 12.7 Å². The standard InChI is InChI=1S/C10H8F11NO2/c1-3-4-22(2)5(23)6(11,8(14,15)16)24-10(20,21)7(12,13)9(17,18)19/h3H,1,4H2,2H3. The fraction of sp³-hybridized carbons (Fsp3) is 0.700. The van der Waals surface area contributed by atoms with E-state index in [2.05, 4.69) is 11.3 Å². The maximum atomic E-state index is 13.7. The Kier molecular flexibility index (Phi) is 5.94. The van der Waals surface area contributed by atoms with Gasteiger partial charge >= 0.3 is 30.2 Å². The van der Waals surface area contributed by atoms with E-state index in [0.29, 0.717) is 13.1 Å². The molecular weight excluding hydrogens is 375 g/mol. The maximum absolute atomic E-state index is 13.7. The fourth-order valence-corrected chi connectivity index (χ4v) is 1.15. The summed E-state index contributed by atoms with van der Waals surface area (Å²) < 4.78 is 140. The van der Waals surface area contributed by atoms with Crippen LogP contribution >= 0.6 is 0 Å². The van der Waals surface area contributed by atoms with E-state index in [1.807, 2.05) is 0 Å². The average Bonchev–Trinajstić information content (AvgIpc) is 2.34. The number of rotatable bonds is 6. The molecule has 24 heavy (non-hydrogen) atoms. The maximum Gasteiger partial charge on any atom is 0.462 e. The van der Waals surface area contributed by atoms with Crippen LogP contribution in [0.3, 0.4) is 0 Å². The van der Waals surface area contributed by atoms with Crippen LogP contribution in [0, 0.1) is 0 Å². The van der Waals surface area contributed by atoms with Crippen LogP contribution in [0.5, 0.6) is 0 Å². The Hall–Kier alpha value is -1.60. The van der Waals surface area contributed by atoms with Crippen molar-refractivity contribution in [1.82, 2.24) is 4.90 Å². The van der Waals surface area contributed by atoms with Gasteiger partial charge in [-0.15, -0.1) is 6.58 Å². The van der Waals surface area contributed by atoms with Crippen LogP contribution in [0.1, 0.15) is 0 Å². The Bertz CT molecular complexity index is 484. The van der Waals surface area contributed by atoms with E-state index >= 15 is 0 Å². The molecule has 0 fully saturated rings. The molecule has 14 heteroatoms. The van der Waals surface area contributed by atoms with E-state index in [-0.39, 0.29) is 4.90 Å². The van der Waals surface area contributed by atoms with Crippen molar-refractivity contribution in [2.24, 2.45) is 0 Å². The number of likely N-dealkylation sites (N-methyl/N-ethyl adjacent to an activating group) is 1. The first-order valence-electron chi connectivity index (χ1n) is 5.49. The van der Waals surface area contributed by atoms with Crippen molar-refractivity contribution in [3.05, 3.63) is 12.7 Å².